The van der Waals surface area contributed by atoms with Crippen LogP contribution in [0.5, 0.6) is 0 Å². The molecule has 0 bridgehead atoms. The first-order chi connectivity index (χ1) is 8.31. The van der Waals surface area contributed by atoms with Gasteiger partial charge in [0.1, 0.15) is 0 Å². The molecule has 0 radical (unpaired) electrons. The molecule has 0 aliphatic rings. The molecular formula is C14H15N3. The highest BCUT2D eigenvalue weighted by atomic mass is 15.1. The van der Waals surface area contributed by atoms with Gasteiger partial charge in [-0.3, -0.25) is 4.98 Å². The molecule has 0 unspecified atom stereocenters. The Morgan fingerprint density at radius 2 is 2.12 bits per heavy atom. The molecule has 0 aliphatic heterocycles. The number of hydrogen-bond donors (Lipinski definition) is 0. The van der Waals surface area contributed by atoms with Crippen molar-refractivity contribution in [2.45, 2.75) is 13.0 Å². The summed E-state index contributed by atoms with van der Waals surface area (Å²) in [4.78, 5) is 6.50. The average molecular weight is 225 g/mol. The minimum absolute atomic E-state index is 0.569. The molecule has 0 saturated heterocycles. The summed E-state index contributed by atoms with van der Waals surface area (Å²) < 4.78 is 0. The van der Waals surface area contributed by atoms with Crippen LogP contribution in [0.4, 0.5) is 0 Å². The van der Waals surface area contributed by atoms with Crippen LogP contribution in [0.15, 0.2) is 36.5 Å². The number of pyridine rings is 1. The van der Waals surface area contributed by atoms with Crippen LogP contribution in [0.2, 0.25) is 0 Å². The van der Waals surface area contributed by atoms with Gasteiger partial charge in [-0.05, 0) is 24.7 Å². The van der Waals surface area contributed by atoms with Gasteiger partial charge in [0.2, 0.25) is 0 Å². The standard InChI is InChI=1S/C14H15N3/c1-17(10-4-8-15)11-12-7-9-16-14-6-3-2-5-13(12)14/h2-3,5-7,9H,4,10-11H2,1H3. The fraction of sp³-hybridized carbons (Fsp3) is 0.286. The van der Waals surface area contributed by atoms with Crippen LogP contribution in [-0.2, 0) is 6.54 Å². The van der Waals surface area contributed by atoms with E-state index in [9.17, 15) is 0 Å². The third-order valence-electron chi connectivity index (χ3n) is 2.78. The molecule has 0 saturated carbocycles. The van der Waals surface area contributed by atoms with E-state index in [1.54, 1.807) is 0 Å². The highest BCUT2D eigenvalue weighted by Gasteiger charge is 2.04. The summed E-state index contributed by atoms with van der Waals surface area (Å²) in [6.07, 6.45) is 2.41. The second kappa shape index (κ2) is 5.42. The van der Waals surface area contributed by atoms with Crippen LogP contribution < -0.4 is 0 Å². The molecule has 86 valence electrons. The Morgan fingerprint density at radius 1 is 1.29 bits per heavy atom. The molecule has 0 amide bonds. The summed E-state index contributed by atoms with van der Waals surface area (Å²) in [5.74, 6) is 0. The van der Waals surface area contributed by atoms with Crippen LogP contribution in [-0.4, -0.2) is 23.5 Å². The summed E-state index contributed by atoms with van der Waals surface area (Å²) in [6.45, 7) is 1.65. The Kier molecular flexibility index (Phi) is 3.69. The zero-order valence-electron chi connectivity index (χ0n) is 9.93. The Morgan fingerprint density at radius 3 is 2.94 bits per heavy atom. The van der Waals surface area contributed by atoms with Crippen LogP contribution in [0.25, 0.3) is 10.9 Å². The lowest BCUT2D eigenvalue weighted by molar-refractivity contribution is 0.336. The first kappa shape index (κ1) is 11.6. The number of aromatic nitrogens is 1. The van der Waals surface area contributed by atoms with E-state index >= 15 is 0 Å². The molecule has 0 atom stereocenters. The monoisotopic (exact) mass is 225 g/mol. The second-order valence-electron chi connectivity index (χ2n) is 4.13. The van der Waals surface area contributed by atoms with E-state index in [1.807, 2.05) is 37.5 Å². The van der Waals surface area contributed by atoms with E-state index in [0.29, 0.717) is 6.42 Å². The van der Waals surface area contributed by atoms with Crippen molar-refractivity contribution in [3.8, 4) is 6.07 Å². The van der Waals surface area contributed by atoms with Gasteiger partial charge in [0.05, 0.1) is 11.6 Å². The predicted octanol–water partition coefficient (Wildman–Crippen LogP) is 2.58. The van der Waals surface area contributed by atoms with Crippen molar-refractivity contribution in [1.29, 1.82) is 5.26 Å². The Bertz CT molecular complexity index is 537. The molecule has 3 heteroatoms. The van der Waals surface area contributed by atoms with Crippen LogP contribution >= 0.6 is 0 Å². The summed E-state index contributed by atoms with van der Waals surface area (Å²) in [5, 5.41) is 9.76. The summed E-state index contributed by atoms with van der Waals surface area (Å²) in [7, 11) is 2.03. The first-order valence-corrected chi connectivity index (χ1v) is 5.69. The molecule has 0 N–H and O–H groups in total. The molecule has 2 rings (SSSR count). The molecular weight excluding hydrogens is 210 g/mol. The van der Waals surface area contributed by atoms with E-state index < -0.39 is 0 Å². The van der Waals surface area contributed by atoms with Gasteiger partial charge in [0, 0.05) is 31.1 Å². The molecule has 1 aromatic carbocycles. The molecule has 3 nitrogen and oxygen atoms in total. The van der Waals surface area contributed by atoms with Gasteiger partial charge >= 0.3 is 0 Å². The summed E-state index contributed by atoms with van der Waals surface area (Å²) in [5.41, 5.74) is 2.29. The number of fused-ring (bicyclic) bond motifs is 1. The Balaban J connectivity index is 2.21. The number of rotatable bonds is 4. The van der Waals surface area contributed by atoms with Crippen LogP contribution in [0.3, 0.4) is 0 Å². The SMILES string of the molecule is CN(CCC#N)Cc1ccnc2ccccc12. The van der Waals surface area contributed by atoms with E-state index in [-0.39, 0.29) is 0 Å². The Hall–Kier alpha value is -1.92. The van der Waals surface area contributed by atoms with Gasteiger partial charge in [0.15, 0.2) is 0 Å². The van der Waals surface area contributed by atoms with Gasteiger partial charge in [-0.15, -0.1) is 0 Å². The third kappa shape index (κ3) is 2.80. The third-order valence-corrected chi connectivity index (χ3v) is 2.78. The minimum atomic E-state index is 0.569. The number of nitriles is 1. The molecule has 2 aromatic rings. The number of nitrogens with zero attached hydrogens (tertiary/aromatic N) is 3. The zero-order valence-corrected chi connectivity index (χ0v) is 9.93. The first-order valence-electron chi connectivity index (χ1n) is 5.69. The molecule has 0 spiro atoms. The largest absolute Gasteiger partial charge is 0.301 e. The molecule has 1 aromatic heterocycles. The smallest absolute Gasteiger partial charge is 0.0705 e. The van der Waals surface area contributed by atoms with E-state index in [0.717, 1.165) is 18.6 Å². The molecule has 17 heavy (non-hydrogen) atoms. The highest BCUT2D eigenvalue weighted by Crippen LogP contribution is 2.17. The van der Waals surface area contributed by atoms with Crippen molar-refractivity contribution in [1.82, 2.24) is 9.88 Å². The van der Waals surface area contributed by atoms with Crippen molar-refractivity contribution >= 4 is 10.9 Å². The topological polar surface area (TPSA) is 39.9 Å². The van der Waals surface area contributed by atoms with Crippen molar-refractivity contribution in [2.24, 2.45) is 0 Å². The molecule has 1 heterocycles. The summed E-state index contributed by atoms with van der Waals surface area (Å²) in [6, 6.07) is 12.4. The van der Waals surface area contributed by atoms with Gasteiger partial charge in [-0.25, -0.2) is 0 Å². The fourth-order valence-corrected chi connectivity index (χ4v) is 1.90. The summed E-state index contributed by atoms with van der Waals surface area (Å²) >= 11 is 0. The lowest BCUT2D eigenvalue weighted by atomic mass is 10.1. The van der Waals surface area contributed by atoms with Gasteiger partial charge in [0.25, 0.3) is 0 Å². The van der Waals surface area contributed by atoms with E-state index in [2.05, 4.69) is 22.0 Å². The van der Waals surface area contributed by atoms with Crippen molar-refractivity contribution < 1.29 is 0 Å². The average Bonchev–Trinajstić information content (AvgIpc) is 2.37. The Labute approximate surface area is 101 Å². The van der Waals surface area contributed by atoms with Crippen molar-refractivity contribution in [2.75, 3.05) is 13.6 Å². The van der Waals surface area contributed by atoms with E-state index in [4.69, 9.17) is 5.26 Å². The van der Waals surface area contributed by atoms with Crippen molar-refractivity contribution in [3.63, 3.8) is 0 Å². The van der Waals surface area contributed by atoms with Gasteiger partial charge in [-0.2, -0.15) is 5.26 Å². The number of para-hydroxylation sites is 1. The maximum atomic E-state index is 8.57. The molecule has 0 aliphatic carbocycles. The van der Waals surface area contributed by atoms with Gasteiger partial charge in [-0.1, -0.05) is 18.2 Å². The lowest BCUT2D eigenvalue weighted by Gasteiger charge is -2.16. The quantitative estimate of drug-likeness (QED) is 0.803. The van der Waals surface area contributed by atoms with E-state index in [1.165, 1.54) is 10.9 Å². The second-order valence-corrected chi connectivity index (χ2v) is 4.13. The van der Waals surface area contributed by atoms with Gasteiger partial charge < -0.3 is 4.90 Å². The normalized spacial score (nSPS) is 10.6. The maximum Gasteiger partial charge on any atom is 0.0705 e. The minimum Gasteiger partial charge on any atom is -0.301 e. The number of hydrogen-bond acceptors (Lipinski definition) is 3. The number of benzene rings is 1. The van der Waals surface area contributed by atoms with Crippen LogP contribution in [0.1, 0.15) is 12.0 Å². The molecule has 0 fully saturated rings. The van der Waals surface area contributed by atoms with Crippen LogP contribution in [0, 0.1) is 11.3 Å². The fourth-order valence-electron chi connectivity index (χ4n) is 1.90. The maximum absolute atomic E-state index is 8.57. The van der Waals surface area contributed by atoms with Crippen molar-refractivity contribution in [3.05, 3.63) is 42.1 Å². The predicted molar refractivity (Wildman–Crippen MR) is 68.3 cm³/mol. The lowest BCUT2D eigenvalue weighted by Crippen LogP contribution is -2.18. The zero-order chi connectivity index (χ0) is 12.1. The highest BCUT2D eigenvalue weighted by molar-refractivity contribution is 5.81.